The van der Waals surface area contributed by atoms with Gasteiger partial charge in [-0.2, -0.15) is 0 Å². The van der Waals surface area contributed by atoms with E-state index in [4.69, 9.17) is 15.2 Å². The van der Waals surface area contributed by atoms with Gasteiger partial charge in [0.05, 0.1) is 6.10 Å². The summed E-state index contributed by atoms with van der Waals surface area (Å²) in [5.41, 5.74) is 13.8. The quantitative estimate of drug-likeness (QED) is 0.0416. The summed E-state index contributed by atoms with van der Waals surface area (Å²) in [7, 11) is 0. The summed E-state index contributed by atoms with van der Waals surface area (Å²) in [6.45, 7) is -0.108. The number of aromatic amines is 1. The number of H-pyrrole nitrogens is 1. The maximum Gasteiger partial charge on any atom is 0.200 e. The summed E-state index contributed by atoms with van der Waals surface area (Å²) < 4.78 is 12.0. The third-order valence-electron chi connectivity index (χ3n) is 16.9. The predicted molar refractivity (Wildman–Crippen MR) is 254 cm³/mol. The molecule has 12 heteroatoms. The van der Waals surface area contributed by atoms with Crippen LogP contribution in [0.2, 0.25) is 0 Å². The molecule has 3 fully saturated rings. The molecule has 2 bridgehead atoms. The Morgan fingerprint density at radius 3 is 2.46 bits per heavy atom. The van der Waals surface area contributed by atoms with E-state index in [-0.39, 0.29) is 107 Å². The first-order valence-electron chi connectivity index (χ1n) is 24.1. The van der Waals surface area contributed by atoms with Crippen molar-refractivity contribution in [1.29, 1.82) is 0 Å². The minimum Gasteiger partial charge on any atom is -0.508 e. The third-order valence-corrected chi connectivity index (χ3v) is 16.9. The van der Waals surface area contributed by atoms with Crippen molar-refractivity contribution < 1.29 is 50.0 Å². The number of nitrogens with one attached hydrogen (secondary N) is 1. The highest BCUT2D eigenvalue weighted by Gasteiger charge is 2.64. The summed E-state index contributed by atoms with van der Waals surface area (Å²) in [6.07, 6.45) is 6.35. The number of aliphatic hydroxyl groups is 1. The summed E-state index contributed by atoms with van der Waals surface area (Å²) in [5.74, 6) is -2.60. The molecule has 0 radical (unpaired) electrons. The van der Waals surface area contributed by atoms with Crippen molar-refractivity contribution in [3.8, 4) is 57.3 Å². The number of aromatic hydroxyl groups is 6. The van der Waals surface area contributed by atoms with Gasteiger partial charge in [-0.25, -0.2) is 0 Å². The Morgan fingerprint density at radius 1 is 0.794 bits per heavy atom. The molecular weight excluding hydrogens is 861 g/mol. The molecule has 6 aromatic rings. The lowest BCUT2D eigenvalue weighted by molar-refractivity contribution is -0.136. The first-order valence-corrected chi connectivity index (χ1v) is 24.1. The average molecular weight is 919 g/mol. The van der Waals surface area contributed by atoms with E-state index in [0.717, 1.165) is 41.6 Å². The zero-order valence-corrected chi connectivity index (χ0v) is 37.7. The molecule has 6 aliphatic rings. The summed E-state index contributed by atoms with van der Waals surface area (Å²) >= 11 is 0. The molecule has 12 rings (SSSR count). The van der Waals surface area contributed by atoms with Crippen molar-refractivity contribution in [3.05, 3.63) is 142 Å². The fraction of sp³-hybridized carbons (Fsp3) is 0.375. The molecule has 0 saturated heterocycles. The number of nitrogens with two attached hydrogens (primary N) is 1. The molecule has 1 aromatic heterocycles. The number of Topliss-reactive ketones (excluding diaryl/α,β-unsaturated/α-hetero) is 1. The smallest absolute Gasteiger partial charge is 0.200 e. The van der Waals surface area contributed by atoms with Crippen molar-refractivity contribution in [2.24, 2.45) is 35.3 Å². The van der Waals surface area contributed by atoms with E-state index in [1.54, 1.807) is 48.5 Å². The maximum atomic E-state index is 15.0. The van der Waals surface area contributed by atoms with Crippen LogP contribution in [-0.2, 0) is 29.7 Å². The number of phenols is 6. The average Bonchev–Trinajstić information content (AvgIpc) is 3.94. The molecule has 3 saturated carbocycles. The number of benzene rings is 5. The molecule has 68 heavy (non-hydrogen) atoms. The largest absolute Gasteiger partial charge is 0.508 e. The first-order chi connectivity index (χ1) is 32.9. The topological polar surface area (TPSA) is 219 Å². The van der Waals surface area contributed by atoms with Gasteiger partial charge >= 0.3 is 0 Å². The van der Waals surface area contributed by atoms with Gasteiger partial charge in [0.25, 0.3) is 0 Å². The highest BCUT2D eigenvalue weighted by atomic mass is 16.5. The van der Waals surface area contributed by atoms with Gasteiger partial charge in [0.15, 0.2) is 23.0 Å². The highest BCUT2D eigenvalue weighted by Crippen LogP contribution is 2.72. The molecule has 6 aliphatic carbocycles. The van der Waals surface area contributed by atoms with Crippen molar-refractivity contribution in [2.75, 3.05) is 6.73 Å². The number of aryl methyl sites for hydroxylation is 1. The summed E-state index contributed by atoms with van der Waals surface area (Å²) in [4.78, 5) is 18.5. The number of ketones is 1. The van der Waals surface area contributed by atoms with Gasteiger partial charge in [0.1, 0.15) is 36.4 Å². The van der Waals surface area contributed by atoms with Gasteiger partial charge in [-0.15, -0.1) is 0 Å². The molecule has 12 nitrogen and oxygen atoms in total. The van der Waals surface area contributed by atoms with E-state index >= 15 is 0 Å². The van der Waals surface area contributed by atoms with E-state index in [2.05, 4.69) is 35.3 Å². The lowest BCUT2D eigenvalue weighted by Gasteiger charge is -2.55. The molecular formula is C56H58N2O10. The van der Waals surface area contributed by atoms with E-state index in [1.165, 1.54) is 28.8 Å². The Balaban J connectivity index is 1.07. The van der Waals surface area contributed by atoms with Crippen LogP contribution in [0, 0.1) is 29.6 Å². The van der Waals surface area contributed by atoms with E-state index in [1.807, 2.05) is 12.3 Å². The molecule has 1 heterocycles. The molecule has 10 N–H and O–H groups in total. The maximum absolute atomic E-state index is 15.0. The minimum atomic E-state index is -1.09. The van der Waals surface area contributed by atoms with Crippen LogP contribution in [0.5, 0.6) is 46.0 Å². The van der Waals surface area contributed by atoms with Crippen molar-refractivity contribution in [1.82, 2.24) is 4.98 Å². The van der Waals surface area contributed by atoms with Gasteiger partial charge in [0.2, 0.25) is 5.75 Å². The fourth-order valence-corrected chi connectivity index (χ4v) is 14.3. The number of ether oxygens (including phenoxy) is 2. The number of hydrogen-bond donors (Lipinski definition) is 9. The summed E-state index contributed by atoms with van der Waals surface area (Å²) in [6, 6.07) is 28.9. The van der Waals surface area contributed by atoms with Gasteiger partial charge < -0.3 is 50.2 Å². The molecule has 0 amide bonds. The second-order valence-electron chi connectivity index (χ2n) is 20.1. The normalized spacial score (nSPS) is 27.5. The first kappa shape index (κ1) is 43.9. The third kappa shape index (κ3) is 7.14. The summed E-state index contributed by atoms with van der Waals surface area (Å²) in [5, 5.41) is 79.3. The Labute approximate surface area is 394 Å². The van der Waals surface area contributed by atoms with Gasteiger partial charge in [-0.1, -0.05) is 55.0 Å². The van der Waals surface area contributed by atoms with Gasteiger partial charge in [-0.05, 0) is 162 Å². The minimum absolute atomic E-state index is 0.0179. The highest BCUT2D eigenvalue weighted by molar-refractivity contribution is 5.82. The van der Waals surface area contributed by atoms with Crippen molar-refractivity contribution in [2.45, 2.75) is 93.7 Å². The van der Waals surface area contributed by atoms with Crippen LogP contribution in [0.3, 0.4) is 0 Å². The van der Waals surface area contributed by atoms with Crippen LogP contribution in [0.15, 0.2) is 103 Å². The fourth-order valence-electron chi connectivity index (χ4n) is 14.3. The lowest BCUT2D eigenvalue weighted by atomic mass is 9.49. The molecule has 0 unspecified atom stereocenters. The molecule has 352 valence electrons. The second kappa shape index (κ2) is 17.2. The number of carbonyl (C=O) groups is 1. The zero-order chi connectivity index (χ0) is 47.0. The molecule has 5 aromatic carbocycles. The van der Waals surface area contributed by atoms with E-state index < -0.39 is 23.9 Å². The van der Waals surface area contributed by atoms with Gasteiger partial charge in [0, 0.05) is 46.8 Å². The van der Waals surface area contributed by atoms with Crippen LogP contribution in [0.1, 0.15) is 102 Å². The SMILES string of the molecule is NCOc1cc(CCC(=O)[C@@H]2C[C@@H](Cc3ccc(O)cc3O)[C@@H]3C[C@@H]4C[C@@H]([C@@]56CCC[C@H]5c5cc[nH]c5-c5ccccc56)[C@@H](c5cc(O)c(O)c(OCc6cccc(O)c6)c54)[C@@H]3[C@H]2O)ccc1O. The van der Waals surface area contributed by atoms with Crippen LogP contribution < -0.4 is 15.2 Å². The van der Waals surface area contributed by atoms with E-state index in [9.17, 15) is 40.5 Å². The molecule has 0 spiro atoms. The predicted octanol–water partition coefficient (Wildman–Crippen LogP) is 9.27. The van der Waals surface area contributed by atoms with Gasteiger partial charge in [-0.3, -0.25) is 10.5 Å². The van der Waals surface area contributed by atoms with Crippen LogP contribution in [-0.4, -0.2) is 59.3 Å². The number of phenolic OH excluding ortho intramolecular Hbond substituents is 6. The molecule has 0 aliphatic heterocycles. The Morgan fingerprint density at radius 2 is 1.63 bits per heavy atom. The number of rotatable bonds is 12. The number of aliphatic hydroxyl groups excluding tert-OH is 1. The van der Waals surface area contributed by atoms with Crippen molar-refractivity contribution >= 4 is 5.78 Å². The number of fused-ring (bicyclic) bond motifs is 8. The van der Waals surface area contributed by atoms with Crippen LogP contribution in [0.4, 0.5) is 0 Å². The number of aromatic nitrogens is 1. The Hall–Kier alpha value is -6.63. The van der Waals surface area contributed by atoms with E-state index in [0.29, 0.717) is 43.2 Å². The Bertz CT molecular complexity index is 2910. The Kier molecular flexibility index (Phi) is 11.1. The molecule has 10 atom stereocenters. The second-order valence-corrected chi connectivity index (χ2v) is 20.1. The number of hydrogen-bond acceptors (Lipinski definition) is 11. The number of carbonyl (C=O) groups excluding carboxylic acids is 1. The zero-order valence-electron chi connectivity index (χ0n) is 37.7. The van der Waals surface area contributed by atoms with Crippen molar-refractivity contribution in [3.63, 3.8) is 0 Å². The lowest BCUT2D eigenvalue weighted by Crippen LogP contribution is -2.52. The monoisotopic (exact) mass is 918 g/mol. The standard InChI is InChI=1S/C56H58N2O10/c57-28-68-48-20-29(11-15-45(48)62)10-14-44(61)39-22-32(21-31-12-13-35(60)25-46(31)63)38-23-33-24-43(56-17-4-9-42(56)37-16-18-58-52(37)36-7-1-2-8-41(36)56)50(51(38)53(39)65)40-26-47(64)54(66)55(49(33)40)67-27-30-5-3-6-34(59)19-30/h1-3,5-8,11-13,15-16,18-20,25-26,32-33,38-39,42-43,50-51,53,58-60,62-66H,4,9-10,14,17,21-24,27-28,57H2/t32-,33-,38+,39+,42+,43-,50-,51-,53+,56-/m1/s1. The van der Waals surface area contributed by atoms with Crippen LogP contribution >= 0.6 is 0 Å². The van der Waals surface area contributed by atoms with Crippen LogP contribution in [0.25, 0.3) is 11.3 Å².